The highest BCUT2D eigenvalue weighted by molar-refractivity contribution is 5.75. The second-order valence-electron chi connectivity index (χ2n) is 5.15. The zero-order chi connectivity index (χ0) is 17.1. The summed E-state index contributed by atoms with van der Waals surface area (Å²) in [6, 6.07) is 7.96. The van der Waals surface area contributed by atoms with Crippen molar-refractivity contribution in [1.29, 1.82) is 0 Å². The standard InChI is InChI=1S/C16H15FN4O3/c1-9(22)18-6-7-24-11-4-2-10(3-5-11)14-12(17)8-13-15(20-14)21-16(23)19-13/h2-5,8H,6-7H2,1H3,(H,18,22)(H2,19,20,21,23). The van der Waals surface area contributed by atoms with Crippen molar-refractivity contribution in [1.82, 2.24) is 20.3 Å². The molecule has 2 heterocycles. The highest BCUT2D eigenvalue weighted by atomic mass is 19.1. The van der Waals surface area contributed by atoms with Gasteiger partial charge in [0, 0.05) is 18.6 Å². The van der Waals surface area contributed by atoms with E-state index >= 15 is 0 Å². The number of ether oxygens (including phenoxy) is 1. The quantitative estimate of drug-likeness (QED) is 0.618. The van der Waals surface area contributed by atoms with E-state index < -0.39 is 11.5 Å². The summed E-state index contributed by atoms with van der Waals surface area (Å²) in [5, 5.41) is 2.62. The SMILES string of the molecule is CC(=O)NCCOc1ccc(-c2nc3[nH]c(=O)[nH]c3cc2F)cc1. The second-order valence-corrected chi connectivity index (χ2v) is 5.15. The number of H-pyrrole nitrogens is 2. The Bertz CT molecular complexity index is 931. The number of imidazole rings is 1. The van der Waals surface area contributed by atoms with Crippen molar-refractivity contribution in [3.8, 4) is 17.0 Å². The minimum atomic E-state index is -0.530. The maximum Gasteiger partial charge on any atom is 0.325 e. The first kappa shape index (κ1) is 15.7. The largest absolute Gasteiger partial charge is 0.492 e. The van der Waals surface area contributed by atoms with Gasteiger partial charge in [0.05, 0.1) is 12.1 Å². The molecule has 0 aliphatic rings. The summed E-state index contributed by atoms with van der Waals surface area (Å²) in [4.78, 5) is 31.1. The van der Waals surface area contributed by atoms with Crippen molar-refractivity contribution in [2.45, 2.75) is 6.92 Å². The molecule has 3 aromatic rings. The Morgan fingerprint density at radius 2 is 2.04 bits per heavy atom. The summed E-state index contributed by atoms with van der Waals surface area (Å²) >= 11 is 0. The molecule has 24 heavy (non-hydrogen) atoms. The second kappa shape index (κ2) is 6.53. The molecule has 0 radical (unpaired) electrons. The lowest BCUT2D eigenvalue weighted by Crippen LogP contribution is -2.25. The average Bonchev–Trinajstić information content (AvgIpc) is 2.90. The Labute approximate surface area is 135 Å². The Hall–Kier alpha value is -3.16. The fourth-order valence-corrected chi connectivity index (χ4v) is 2.25. The molecule has 2 aromatic heterocycles. The zero-order valence-electron chi connectivity index (χ0n) is 12.9. The molecule has 0 bridgehead atoms. The molecule has 7 nitrogen and oxygen atoms in total. The fourth-order valence-electron chi connectivity index (χ4n) is 2.25. The number of nitrogens with one attached hydrogen (secondary N) is 3. The van der Waals surface area contributed by atoms with Crippen molar-refractivity contribution >= 4 is 17.1 Å². The predicted molar refractivity (Wildman–Crippen MR) is 86.3 cm³/mol. The van der Waals surface area contributed by atoms with E-state index in [9.17, 15) is 14.0 Å². The topological polar surface area (TPSA) is 99.9 Å². The van der Waals surface area contributed by atoms with E-state index in [0.29, 0.717) is 35.6 Å². The first-order valence-corrected chi connectivity index (χ1v) is 7.29. The van der Waals surface area contributed by atoms with Crippen LogP contribution in [0.4, 0.5) is 4.39 Å². The van der Waals surface area contributed by atoms with Gasteiger partial charge in [-0.3, -0.25) is 9.78 Å². The summed E-state index contributed by atoms with van der Waals surface area (Å²) in [5.74, 6) is -0.0496. The molecule has 0 saturated carbocycles. The average molecular weight is 330 g/mol. The van der Waals surface area contributed by atoms with Crippen molar-refractivity contribution in [3.63, 3.8) is 0 Å². The van der Waals surface area contributed by atoms with Gasteiger partial charge in [0.1, 0.15) is 18.1 Å². The van der Waals surface area contributed by atoms with Crippen LogP contribution in [0.15, 0.2) is 35.1 Å². The van der Waals surface area contributed by atoms with Gasteiger partial charge < -0.3 is 15.0 Å². The van der Waals surface area contributed by atoms with Crippen molar-refractivity contribution < 1.29 is 13.9 Å². The lowest BCUT2D eigenvalue weighted by Gasteiger charge is -2.08. The van der Waals surface area contributed by atoms with Crippen LogP contribution in [0.25, 0.3) is 22.4 Å². The van der Waals surface area contributed by atoms with Gasteiger partial charge in [-0.25, -0.2) is 14.2 Å². The molecule has 124 valence electrons. The summed E-state index contributed by atoms with van der Waals surface area (Å²) in [7, 11) is 0. The zero-order valence-corrected chi connectivity index (χ0v) is 12.9. The smallest absolute Gasteiger partial charge is 0.325 e. The highest BCUT2D eigenvalue weighted by Crippen LogP contribution is 2.24. The number of pyridine rings is 1. The van der Waals surface area contributed by atoms with E-state index in [2.05, 4.69) is 20.3 Å². The summed E-state index contributed by atoms with van der Waals surface area (Å²) in [6.45, 7) is 2.18. The molecule has 0 atom stereocenters. The van der Waals surface area contributed by atoms with Gasteiger partial charge in [-0.2, -0.15) is 0 Å². The summed E-state index contributed by atoms with van der Waals surface area (Å²) in [6.07, 6.45) is 0. The summed E-state index contributed by atoms with van der Waals surface area (Å²) < 4.78 is 19.6. The molecule has 0 aliphatic carbocycles. The molecule has 0 aliphatic heterocycles. The lowest BCUT2D eigenvalue weighted by molar-refractivity contribution is -0.119. The van der Waals surface area contributed by atoms with Gasteiger partial charge in [0.2, 0.25) is 5.91 Å². The number of amides is 1. The number of nitrogens with zero attached hydrogens (tertiary/aromatic N) is 1. The normalized spacial score (nSPS) is 10.8. The monoisotopic (exact) mass is 330 g/mol. The number of hydrogen-bond acceptors (Lipinski definition) is 4. The molecular formula is C16H15FN4O3. The van der Waals surface area contributed by atoms with Crippen LogP contribution in [-0.4, -0.2) is 34.0 Å². The third-order valence-corrected chi connectivity index (χ3v) is 3.33. The van der Waals surface area contributed by atoms with Crippen LogP contribution in [0.2, 0.25) is 0 Å². The van der Waals surface area contributed by atoms with Gasteiger partial charge in [0.25, 0.3) is 0 Å². The van der Waals surface area contributed by atoms with Crippen molar-refractivity contribution in [2.24, 2.45) is 0 Å². The third-order valence-electron chi connectivity index (χ3n) is 3.33. The number of hydrogen-bond donors (Lipinski definition) is 3. The predicted octanol–water partition coefficient (Wildman–Crippen LogP) is 1.57. The van der Waals surface area contributed by atoms with Gasteiger partial charge in [-0.15, -0.1) is 0 Å². The van der Waals surface area contributed by atoms with Crippen LogP contribution in [-0.2, 0) is 4.79 Å². The van der Waals surface area contributed by atoms with E-state index in [-0.39, 0.29) is 11.6 Å². The number of carbonyl (C=O) groups excluding carboxylic acids is 1. The molecule has 1 amide bonds. The number of carbonyl (C=O) groups is 1. The van der Waals surface area contributed by atoms with Gasteiger partial charge in [0.15, 0.2) is 11.5 Å². The summed E-state index contributed by atoms with van der Waals surface area (Å²) in [5.41, 5.74) is 0.886. The maximum absolute atomic E-state index is 14.2. The molecule has 0 saturated heterocycles. The molecular weight excluding hydrogens is 315 g/mol. The third kappa shape index (κ3) is 3.43. The van der Waals surface area contributed by atoms with E-state index in [0.717, 1.165) is 0 Å². The number of rotatable bonds is 5. The molecule has 3 rings (SSSR count). The van der Waals surface area contributed by atoms with Crippen LogP contribution < -0.4 is 15.7 Å². The molecule has 1 aromatic carbocycles. The Kier molecular flexibility index (Phi) is 4.28. The van der Waals surface area contributed by atoms with Crippen LogP contribution in [0.1, 0.15) is 6.92 Å². The first-order valence-electron chi connectivity index (χ1n) is 7.29. The number of halogens is 1. The molecule has 0 fully saturated rings. The van der Waals surface area contributed by atoms with Crippen LogP contribution >= 0.6 is 0 Å². The number of benzene rings is 1. The van der Waals surface area contributed by atoms with Crippen molar-refractivity contribution in [3.05, 3.63) is 46.6 Å². The Balaban J connectivity index is 1.76. The van der Waals surface area contributed by atoms with E-state index in [1.807, 2.05) is 0 Å². The lowest BCUT2D eigenvalue weighted by atomic mass is 10.1. The van der Waals surface area contributed by atoms with Crippen LogP contribution in [0, 0.1) is 5.82 Å². The molecule has 3 N–H and O–H groups in total. The van der Waals surface area contributed by atoms with Gasteiger partial charge in [-0.1, -0.05) is 0 Å². The minimum Gasteiger partial charge on any atom is -0.492 e. The van der Waals surface area contributed by atoms with Crippen LogP contribution in [0.5, 0.6) is 5.75 Å². The highest BCUT2D eigenvalue weighted by Gasteiger charge is 2.11. The molecule has 0 spiro atoms. The van der Waals surface area contributed by atoms with Crippen LogP contribution in [0.3, 0.4) is 0 Å². The van der Waals surface area contributed by atoms with Gasteiger partial charge in [-0.05, 0) is 24.3 Å². The molecule has 0 unspecified atom stereocenters. The fraction of sp³-hybridized carbons (Fsp3) is 0.188. The van der Waals surface area contributed by atoms with E-state index in [4.69, 9.17) is 4.74 Å². The first-order chi connectivity index (χ1) is 11.5. The number of aromatic amines is 2. The number of fused-ring (bicyclic) bond motifs is 1. The van der Waals surface area contributed by atoms with Crippen molar-refractivity contribution in [2.75, 3.05) is 13.2 Å². The van der Waals surface area contributed by atoms with E-state index in [1.165, 1.54) is 13.0 Å². The Morgan fingerprint density at radius 1 is 1.29 bits per heavy atom. The van der Waals surface area contributed by atoms with Gasteiger partial charge >= 0.3 is 5.69 Å². The van der Waals surface area contributed by atoms with E-state index in [1.54, 1.807) is 24.3 Å². The molecule has 8 heteroatoms. The maximum atomic E-state index is 14.2. The number of aromatic nitrogens is 3. The minimum absolute atomic E-state index is 0.117. The Morgan fingerprint density at radius 3 is 2.75 bits per heavy atom.